The summed E-state index contributed by atoms with van der Waals surface area (Å²) in [6, 6.07) is 16.6. The zero-order chi connectivity index (χ0) is 26.9. The highest BCUT2D eigenvalue weighted by atomic mass is 79.9. The minimum atomic E-state index is -0.762. The molecule has 0 saturated carbocycles. The normalized spacial score (nSPS) is 11.9. The summed E-state index contributed by atoms with van der Waals surface area (Å²) >= 11 is 15.7. The van der Waals surface area contributed by atoms with Crippen molar-refractivity contribution >= 4 is 57.2 Å². The SMILES string of the molecule is COc1cc(/C=N/NC(=O)C(NC(=O)c2ccccc2)C(C)C)cc(Br)c1OCc1ccc(Cl)cc1Cl. The number of halogens is 3. The van der Waals surface area contributed by atoms with Gasteiger partial charge in [-0.15, -0.1) is 0 Å². The molecule has 7 nitrogen and oxygen atoms in total. The van der Waals surface area contributed by atoms with Gasteiger partial charge in [-0.05, 0) is 63.8 Å². The first kappa shape index (κ1) is 28.5. The van der Waals surface area contributed by atoms with E-state index >= 15 is 0 Å². The van der Waals surface area contributed by atoms with Gasteiger partial charge in [-0.25, -0.2) is 5.43 Å². The van der Waals surface area contributed by atoms with E-state index in [4.69, 9.17) is 32.7 Å². The predicted molar refractivity (Wildman–Crippen MR) is 150 cm³/mol. The van der Waals surface area contributed by atoms with Gasteiger partial charge >= 0.3 is 0 Å². The lowest BCUT2D eigenvalue weighted by Gasteiger charge is -2.20. The third-order valence-corrected chi connectivity index (χ3v) is 6.47. The number of carbonyl (C=O) groups is 2. The van der Waals surface area contributed by atoms with E-state index in [9.17, 15) is 9.59 Å². The smallest absolute Gasteiger partial charge is 0.262 e. The Morgan fingerprint density at radius 1 is 1.08 bits per heavy atom. The highest BCUT2D eigenvalue weighted by Gasteiger charge is 2.24. The van der Waals surface area contributed by atoms with Crippen LogP contribution in [0.3, 0.4) is 0 Å². The second-order valence-electron chi connectivity index (χ2n) is 8.35. The first-order chi connectivity index (χ1) is 17.7. The number of methoxy groups -OCH3 is 1. The maximum absolute atomic E-state index is 12.7. The molecule has 3 aromatic carbocycles. The maximum atomic E-state index is 12.7. The zero-order valence-electron chi connectivity index (χ0n) is 20.4. The molecule has 37 heavy (non-hydrogen) atoms. The van der Waals surface area contributed by atoms with Crippen molar-refractivity contribution in [2.45, 2.75) is 26.5 Å². The van der Waals surface area contributed by atoms with E-state index in [0.29, 0.717) is 37.1 Å². The fourth-order valence-corrected chi connectivity index (χ4v) is 4.37. The van der Waals surface area contributed by atoms with Crippen LogP contribution in [0.25, 0.3) is 0 Å². The quantitative estimate of drug-likeness (QED) is 0.211. The Balaban J connectivity index is 1.66. The second-order valence-corrected chi connectivity index (χ2v) is 10.1. The van der Waals surface area contributed by atoms with Gasteiger partial charge in [0.1, 0.15) is 12.6 Å². The summed E-state index contributed by atoms with van der Waals surface area (Å²) in [4.78, 5) is 25.2. The fraction of sp³-hybridized carbons (Fsp3) is 0.222. The first-order valence-corrected chi connectivity index (χ1v) is 12.9. The predicted octanol–water partition coefficient (Wildman–Crippen LogP) is 6.25. The van der Waals surface area contributed by atoms with E-state index in [2.05, 4.69) is 31.8 Å². The molecule has 194 valence electrons. The van der Waals surface area contributed by atoms with E-state index in [0.717, 1.165) is 5.56 Å². The molecule has 3 aromatic rings. The first-order valence-electron chi connectivity index (χ1n) is 11.3. The molecule has 0 aliphatic heterocycles. The molecule has 0 aromatic heterocycles. The van der Waals surface area contributed by atoms with Crippen molar-refractivity contribution in [1.29, 1.82) is 0 Å². The van der Waals surface area contributed by atoms with Gasteiger partial charge in [0, 0.05) is 21.2 Å². The van der Waals surface area contributed by atoms with Crippen LogP contribution in [0.15, 0.2) is 70.2 Å². The van der Waals surface area contributed by atoms with E-state index in [1.165, 1.54) is 13.3 Å². The van der Waals surface area contributed by atoms with E-state index in [1.54, 1.807) is 54.6 Å². The van der Waals surface area contributed by atoms with Crippen LogP contribution in [0.1, 0.15) is 35.3 Å². The Labute approximate surface area is 234 Å². The summed E-state index contributed by atoms with van der Waals surface area (Å²) in [5.74, 6) is 0.0345. The topological polar surface area (TPSA) is 89.0 Å². The minimum Gasteiger partial charge on any atom is -0.493 e. The Morgan fingerprint density at radius 2 is 1.81 bits per heavy atom. The van der Waals surface area contributed by atoms with Gasteiger partial charge in [0.15, 0.2) is 11.5 Å². The summed E-state index contributed by atoms with van der Waals surface area (Å²) in [7, 11) is 1.52. The number of benzene rings is 3. The summed E-state index contributed by atoms with van der Waals surface area (Å²) in [6.07, 6.45) is 1.47. The number of rotatable bonds is 10. The van der Waals surface area contributed by atoms with Gasteiger partial charge in [-0.2, -0.15) is 5.10 Å². The summed E-state index contributed by atoms with van der Waals surface area (Å²) < 4.78 is 12.0. The number of amides is 2. The summed E-state index contributed by atoms with van der Waals surface area (Å²) in [5, 5.41) is 7.87. The Bertz CT molecular complexity index is 1290. The highest BCUT2D eigenvalue weighted by molar-refractivity contribution is 9.10. The molecule has 1 atom stereocenters. The monoisotopic (exact) mass is 605 g/mol. The number of nitrogens with one attached hydrogen (secondary N) is 2. The Hall–Kier alpha value is -3.07. The van der Waals surface area contributed by atoms with Crippen molar-refractivity contribution < 1.29 is 19.1 Å². The van der Waals surface area contributed by atoms with Gasteiger partial charge in [0.25, 0.3) is 11.8 Å². The molecule has 0 radical (unpaired) electrons. The van der Waals surface area contributed by atoms with Crippen LogP contribution in [0.4, 0.5) is 0 Å². The average Bonchev–Trinajstić information content (AvgIpc) is 2.87. The molecule has 0 fully saturated rings. The molecule has 10 heteroatoms. The maximum Gasteiger partial charge on any atom is 0.262 e. The van der Waals surface area contributed by atoms with Crippen molar-refractivity contribution in [2.75, 3.05) is 7.11 Å². The fourth-order valence-electron chi connectivity index (χ4n) is 3.33. The molecule has 3 rings (SSSR count). The third-order valence-electron chi connectivity index (χ3n) is 5.30. The van der Waals surface area contributed by atoms with E-state index in [1.807, 2.05) is 19.9 Å². The molecular weight excluding hydrogens is 581 g/mol. The Kier molecular flexibility index (Phi) is 10.4. The van der Waals surface area contributed by atoms with Crippen molar-refractivity contribution in [3.63, 3.8) is 0 Å². The molecule has 2 N–H and O–H groups in total. The van der Waals surface area contributed by atoms with Crippen LogP contribution in [0.2, 0.25) is 10.0 Å². The standard InChI is InChI=1S/C27H26BrCl2N3O4/c1-16(2)24(32-26(34)18-7-5-4-6-8-18)27(35)33-31-14-17-11-21(28)25(23(12-17)36-3)37-15-19-9-10-20(29)13-22(19)30/h4-14,16,24H,15H2,1-3H3,(H,32,34)(H,33,35)/b31-14+. The van der Waals surface area contributed by atoms with Crippen molar-refractivity contribution in [3.05, 3.63) is 91.9 Å². The molecule has 0 saturated heterocycles. The van der Waals surface area contributed by atoms with Crippen LogP contribution < -0.4 is 20.2 Å². The largest absolute Gasteiger partial charge is 0.493 e. The lowest BCUT2D eigenvalue weighted by atomic mass is 10.0. The number of hydrogen-bond donors (Lipinski definition) is 2. The molecule has 0 aliphatic carbocycles. The Morgan fingerprint density at radius 3 is 2.46 bits per heavy atom. The summed E-state index contributed by atoms with van der Waals surface area (Å²) in [6.45, 7) is 3.90. The molecule has 2 amide bonds. The van der Waals surface area contributed by atoms with Crippen LogP contribution in [0.5, 0.6) is 11.5 Å². The van der Waals surface area contributed by atoms with E-state index in [-0.39, 0.29) is 18.4 Å². The van der Waals surface area contributed by atoms with Crippen LogP contribution in [-0.2, 0) is 11.4 Å². The van der Waals surface area contributed by atoms with Gasteiger partial charge in [0.2, 0.25) is 0 Å². The second kappa shape index (κ2) is 13.5. The van der Waals surface area contributed by atoms with Crippen molar-refractivity contribution in [2.24, 2.45) is 11.0 Å². The van der Waals surface area contributed by atoms with Gasteiger partial charge in [-0.1, -0.05) is 61.3 Å². The molecule has 1 unspecified atom stereocenters. The van der Waals surface area contributed by atoms with Crippen LogP contribution in [0, 0.1) is 5.92 Å². The molecule has 0 bridgehead atoms. The van der Waals surface area contributed by atoms with Gasteiger partial charge in [-0.3, -0.25) is 9.59 Å². The van der Waals surface area contributed by atoms with Crippen LogP contribution >= 0.6 is 39.1 Å². The van der Waals surface area contributed by atoms with Crippen LogP contribution in [-0.4, -0.2) is 31.2 Å². The average molecular weight is 607 g/mol. The number of hydrogen-bond acceptors (Lipinski definition) is 5. The lowest BCUT2D eigenvalue weighted by Crippen LogP contribution is -2.48. The van der Waals surface area contributed by atoms with Crippen molar-refractivity contribution in [3.8, 4) is 11.5 Å². The van der Waals surface area contributed by atoms with Crippen molar-refractivity contribution in [1.82, 2.24) is 10.7 Å². The lowest BCUT2D eigenvalue weighted by molar-refractivity contribution is -0.123. The number of nitrogens with zero attached hydrogens (tertiary/aromatic N) is 1. The molecule has 0 spiro atoms. The third kappa shape index (κ3) is 7.95. The van der Waals surface area contributed by atoms with Gasteiger partial charge in [0.05, 0.1) is 17.8 Å². The molecule has 0 heterocycles. The number of carbonyl (C=O) groups excluding carboxylic acids is 2. The number of hydrazone groups is 1. The minimum absolute atomic E-state index is 0.150. The number of ether oxygens (including phenoxy) is 2. The van der Waals surface area contributed by atoms with E-state index < -0.39 is 11.9 Å². The molecular formula is C27H26BrCl2N3O4. The molecule has 0 aliphatic rings. The van der Waals surface area contributed by atoms with Gasteiger partial charge < -0.3 is 14.8 Å². The summed E-state index contributed by atoms with van der Waals surface area (Å²) in [5.41, 5.74) is 4.39. The zero-order valence-corrected chi connectivity index (χ0v) is 23.5. The highest BCUT2D eigenvalue weighted by Crippen LogP contribution is 2.37.